The molecule has 0 aliphatic carbocycles. The van der Waals surface area contributed by atoms with Crippen molar-refractivity contribution >= 4 is 6.08 Å². The van der Waals surface area contributed by atoms with Gasteiger partial charge < -0.3 is 4.74 Å². The van der Waals surface area contributed by atoms with Crippen molar-refractivity contribution in [2.24, 2.45) is 10.4 Å². The topological polar surface area (TPSA) is 38.7 Å². The Balaban J connectivity index is 2.77. The van der Waals surface area contributed by atoms with Crippen LogP contribution in [0.5, 0.6) is 0 Å². The lowest BCUT2D eigenvalue weighted by Gasteiger charge is -2.46. The SMILES string of the molecule is CC1(C(C)(C)N=C=O)COC1. The lowest BCUT2D eigenvalue weighted by molar-refractivity contribution is -0.134. The Kier molecular flexibility index (Phi) is 1.87. The number of aliphatic imine (C=N–C) groups is 1. The van der Waals surface area contributed by atoms with Gasteiger partial charge in [0.25, 0.3) is 0 Å². The molecule has 0 saturated carbocycles. The van der Waals surface area contributed by atoms with Crippen LogP contribution < -0.4 is 0 Å². The largest absolute Gasteiger partial charge is 0.380 e. The van der Waals surface area contributed by atoms with E-state index in [4.69, 9.17) is 4.74 Å². The predicted molar refractivity (Wildman–Crippen MR) is 41.1 cm³/mol. The minimum Gasteiger partial charge on any atom is -0.380 e. The highest BCUT2D eigenvalue weighted by molar-refractivity contribution is 5.35. The molecule has 0 aromatic carbocycles. The summed E-state index contributed by atoms with van der Waals surface area (Å²) in [4.78, 5) is 13.8. The molecule has 0 radical (unpaired) electrons. The first-order chi connectivity index (χ1) is 5.02. The van der Waals surface area contributed by atoms with Crippen molar-refractivity contribution in [3.8, 4) is 0 Å². The second-order valence-electron chi connectivity index (χ2n) is 3.82. The van der Waals surface area contributed by atoms with E-state index in [2.05, 4.69) is 11.9 Å². The first-order valence-electron chi connectivity index (χ1n) is 3.69. The van der Waals surface area contributed by atoms with E-state index in [1.165, 1.54) is 0 Å². The molecule has 0 amide bonds. The number of ether oxygens (including phenoxy) is 1. The van der Waals surface area contributed by atoms with E-state index in [-0.39, 0.29) is 11.0 Å². The van der Waals surface area contributed by atoms with Gasteiger partial charge in [0.2, 0.25) is 6.08 Å². The molecule has 11 heavy (non-hydrogen) atoms. The van der Waals surface area contributed by atoms with Gasteiger partial charge in [-0.15, -0.1) is 0 Å². The maximum atomic E-state index is 10.1. The van der Waals surface area contributed by atoms with Crippen molar-refractivity contribution in [3.05, 3.63) is 0 Å². The monoisotopic (exact) mass is 155 g/mol. The molecule has 1 fully saturated rings. The van der Waals surface area contributed by atoms with Crippen molar-refractivity contribution < 1.29 is 9.53 Å². The molecule has 1 saturated heterocycles. The van der Waals surface area contributed by atoms with Crippen LogP contribution in [0.25, 0.3) is 0 Å². The molecule has 0 N–H and O–H groups in total. The van der Waals surface area contributed by atoms with E-state index < -0.39 is 0 Å². The van der Waals surface area contributed by atoms with Gasteiger partial charge in [0.1, 0.15) is 0 Å². The van der Waals surface area contributed by atoms with Crippen molar-refractivity contribution in [1.82, 2.24) is 0 Å². The summed E-state index contributed by atoms with van der Waals surface area (Å²) < 4.78 is 5.08. The summed E-state index contributed by atoms with van der Waals surface area (Å²) in [5.74, 6) is 0. The average Bonchev–Trinajstić information content (AvgIpc) is 1.82. The highest BCUT2D eigenvalue weighted by Gasteiger charge is 2.47. The third-order valence-electron chi connectivity index (χ3n) is 2.64. The van der Waals surface area contributed by atoms with Crippen LogP contribution in [-0.4, -0.2) is 24.8 Å². The van der Waals surface area contributed by atoms with Crippen molar-refractivity contribution in [2.75, 3.05) is 13.2 Å². The molecule has 3 nitrogen and oxygen atoms in total. The Morgan fingerprint density at radius 1 is 1.55 bits per heavy atom. The standard InChI is InChI=1S/C8H13NO2/c1-7(2,9-6-10)8(3)4-11-5-8/h4-5H2,1-3H3. The third-order valence-corrected chi connectivity index (χ3v) is 2.64. The second kappa shape index (κ2) is 2.43. The Morgan fingerprint density at radius 2 is 2.09 bits per heavy atom. The number of hydrogen-bond acceptors (Lipinski definition) is 3. The van der Waals surface area contributed by atoms with Crippen molar-refractivity contribution in [3.63, 3.8) is 0 Å². The molecule has 0 spiro atoms. The number of isocyanates is 1. The maximum Gasteiger partial charge on any atom is 0.235 e. The summed E-state index contributed by atoms with van der Waals surface area (Å²) in [6.45, 7) is 7.30. The molecule has 1 aliphatic rings. The third kappa shape index (κ3) is 1.22. The van der Waals surface area contributed by atoms with Gasteiger partial charge in [-0.2, -0.15) is 4.99 Å². The number of hydrogen-bond donors (Lipinski definition) is 0. The summed E-state index contributed by atoms with van der Waals surface area (Å²) in [5.41, 5.74) is -0.322. The minimum absolute atomic E-state index is 0.0183. The summed E-state index contributed by atoms with van der Waals surface area (Å²) >= 11 is 0. The molecule has 0 aromatic heterocycles. The molecule has 0 bridgehead atoms. The number of carbonyl (C=O) groups excluding carboxylic acids is 1. The van der Waals surface area contributed by atoms with Gasteiger partial charge in [0.15, 0.2) is 0 Å². The van der Waals surface area contributed by atoms with Crippen LogP contribution in [0.1, 0.15) is 20.8 Å². The smallest absolute Gasteiger partial charge is 0.235 e. The van der Waals surface area contributed by atoms with Gasteiger partial charge in [-0.05, 0) is 13.8 Å². The second-order valence-corrected chi connectivity index (χ2v) is 3.82. The summed E-state index contributed by atoms with van der Waals surface area (Å²) in [6.07, 6.45) is 1.60. The van der Waals surface area contributed by atoms with Crippen molar-refractivity contribution in [2.45, 2.75) is 26.3 Å². The molecule has 62 valence electrons. The van der Waals surface area contributed by atoms with E-state index in [9.17, 15) is 4.79 Å². The fourth-order valence-corrected chi connectivity index (χ4v) is 1.01. The van der Waals surface area contributed by atoms with Gasteiger partial charge in [0.05, 0.1) is 18.8 Å². The molecule has 0 unspecified atom stereocenters. The van der Waals surface area contributed by atoms with Crippen LogP contribution >= 0.6 is 0 Å². The molecule has 1 rings (SSSR count). The van der Waals surface area contributed by atoms with Crippen molar-refractivity contribution in [1.29, 1.82) is 0 Å². The van der Waals surface area contributed by atoms with E-state index in [0.29, 0.717) is 13.2 Å². The molecular formula is C8H13NO2. The maximum absolute atomic E-state index is 10.1. The van der Waals surface area contributed by atoms with E-state index >= 15 is 0 Å². The molecule has 0 atom stereocenters. The fraction of sp³-hybridized carbons (Fsp3) is 0.875. The first kappa shape index (κ1) is 8.44. The van der Waals surface area contributed by atoms with Gasteiger partial charge in [0, 0.05) is 5.41 Å². The van der Waals surface area contributed by atoms with Crippen LogP contribution in [0, 0.1) is 5.41 Å². The van der Waals surface area contributed by atoms with Crippen LogP contribution in [0.4, 0.5) is 0 Å². The normalized spacial score (nSPS) is 21.7. The zero-order valence-corrected chi connectivity index (χ0v) is 7.18. The van der Waals surface area contributed by atoms with E-state index in [0.717, 1.165) is 0 Å². The number of nitrogens with zero attached hydrogens (tertiary/aromatic N) is 1. The molecule has 0 aromatic rings. The summed E-state index contributed by atoms with van der Waals surface area (Å²) in [5, 5.41) is 0. The Bertz CT molecular complexity index is 200. The van der Waals surface area contributed by atoms with Crippen LogP contribution in [0.2, 0.25) is 0 Å². The Morgan fingerprint density at radius 3 is 2.36 bits per heavy atom. The highest BCUT2D eigenvalue weighted by atomic mass is 16.5. The van der Waals surface area contributed by atoms with Gasteiger partial charge in [-0.25, -0.2) is 4.79 Å². The summed E-state index contributed by atoms with van der Waals surface area (Å²) in [6, 6.07) is 0. The fourth-order valence-electron chi connectivity index (χ4n) is 1.01. The molecular weight excluding hydrogens is 142 g/mol. The highest BCUT2D eigenvalue weighted by Crippen LogP contribution is 2.40. The van der Waals surface area contributed by atoms with Gasteiger partial charge in [-0.1, -0.05) is 6.92 Å². The van der Waals surface area contributed by atoms with Crippen LogP contribution in [-0.2, 0) is 9.53 Å². The zero-order chi connectivity index (χ0) is 8.54. The zero-order valence-electron chi connectivity index (χ0n) is 7.18. The Hall–Kier alpha value is -0.660. The molecule has 1 aliphatic heterocycles. The quantitative estimate of drug-likeness (QED) is 0.443. The van der Waals surface area contributed by atoms with Gasteiger partial charge >= 0.3 is 0 Å². The molecule has 3 heteroatoms. The number of rotatable bonds is 2. The van der Waals surface area contributed by atoms with E-state index in [1.54, 1.807) is 6.08 Å². The first-order valence-corrected chi connectivity index (χ1v) is 3.69. The lowest BCUT2D eigenvalue weighted by Crippen LogP contribution is -2.53. The lowest BCUT2D eigenvalue weighted by atomic mass is 9.72. The Labute approximate surface area is 66.5 Å². The van der Waals surface area contributed by atoms with Gasteiger partial charge in [-0.3, -0.25) is 0 Å². The predicted octanol–water partition coefficient (Wildman–Crippen LogP) is 1.14. The summed E-state index contributed by atoms with van der Waals surface area (Å²) in [7, 11) is 0. The van der Waals surface area contributed by atoms with Crippen LogP contribution in [0.15, 0.2) is 4.99 Å². The van der Waals surface area contributed by atoms with Crippen LogP contribution in [0.3, 0.4) is 0 Å². The minimum atomic E-state index is -0.340. The average molecular weight is 155 g/mol. The molecule has 1 heterocycles. The van der Waals surface area contributed by atoms with E-state index in [1.807, 2.05) is 13.8 Å².